The molecule has 2 atom stereocenters. The van der Waals surface area contributed by atoms with Crippen LogP contribution >= 0.6 is 0 Å². The van der Waals surface area contributed by atoms with Gasteiger partial charge in [0.15, 0.2) is 17.7 Å². The summed E-state index contributed by atoms with van der Waals surface area (Å²) in [7, 11) is 0. The minimum Gasteiger partial charge on any atom is -0.485 e. The van der Waals surface area contributed by atoms with E-state index in [4.69, 9.17) is 19.5 Å². The monoisotopic (exact) mass is 520 g/mol. The van der Waals surface area contributed by atoms with Gasteiger partial charge in [0.1, 0.15) is 18.2 Å². The fraction of sp³-hybridized carbons (Fsp3) is 0.429. The van der Waals surface area contributed by atoms with Crippen LogP contribution in [-0.4, -0.2) is 54.3 Å². The van der Waals surface area contributed by atoms with Crippen molar-refractivity contribution in [1.29, 1.82) is 10.5 Å². The van der Waals surface area contributed by atoms with E-state index < -0.39 is 35.6 Å². The largest absolute Gasteiger partial charge is 0.485 e. The molecule has 2 heterocycles. The van der Waals surface area contributed by atoms with Gasteiger partial charge in [-0.25, -0.2) is 9.18 Å². The molecule has 1 fully saturated rings. The van der Waals surface area contributed by atoms with Gasteiger partial charge in [-0.2, -0.15) is 10.5 Å². The van der Waals surface area contributed by atoms with E-state index in [-0.39, 0.29) is 37.5 Å². The maximum absolute atomic E-state index is 15.4. The predicted molar refractivity (Wildman–Crippen MR) is 134 cm³/mol. The number of amides is 2. The topological polar surface area (TPSA) is 125 Å². The van der Waals surface area contributed by atoms with Crippen LogP contribution in [0.4, 0.5) is 9.18 Å². The second kappa shape index (κ2) is 11.1. The van der Waals surface area contributed by atoms with Crippen LogP contribution in [0.15, 0.2) is 30.3 Å². The number of carbonyl (C=O) groups is 2. The average molecular weight is 521 g/mol. The lowest BCUT2D eigenvalue weighted by Gasteiger charge is -2.28. The molecule has 2 aromatic rings. The molecule has 1 N–H and O–H groups in total. The second-order valence-corrected chi connectivity index (χ2v) is 10.2. The number of rotatable bonds is 4. The van der Waals surface area contributed by atoms with Gasteiger partial charge < -0.3 is 24.4 Å². The highest BCUT2D eigenvalue weighted by molar-refractivity contribution is 5.82. The van der Waals surface area contributed by atoms with Gasteiger partial charge in [-0.3, -0.25) is 4.79 Å². The highest BCUT2D eigenvalue weighted by Gasteiger charge is 2.32. The molecule has 10 heteroatoms. The first-order valence-corrected chi connectivity index (χ1v) is 12.4. The average Bonchev–Trinajstić information content (AvgIpc) is 3.15. The Morgan fingerprint density at radius 1 is 1.24 bits per heavy atom. The summed E-state index contributed by atoms with van der Waals surface area (Å²) in [6.45, 7) is 6.01. The predicted octanol–water partition coefficient (Wildman–Crippen LogP) is 3.83. The van der Waals surface area contributed by atoms with E-state index in [1.54, 1.807) is 51.1 Å². The summed E-state index contributed by atoms with van der Waals surface area (Å²) in [4.78, 5) is 26.9. The Bertz CT molecular complexity index is 1320. The van der Waals surface area contributed by atoms with Crippen LogP contribution in [0.2, 0.25) is 0 Å². The SMILES string of the molecule is CC(C)(C)OC(=O)N1CCCO[C@H](C(=O)NC(C#N)Cc2ccc3c(c2F)OCc2cc(C#N)ccc2-3)C1. The van der Waals surface area contributed by atoms with Crippen LogP contribution < -0.4 is 10.1 Å². The van der Waals surface area contributed by atoms with Gasteiger partial charge in [0.25, 0.3) is 5.91 Å². The van der Waals surface area contributed by atoms with Crippen LogP contribution in [0.1, 0.15) is 43.9 Å². The first kappa shape index (κ1) is 26.9. The highest BCUT2D eigenvalue weighted by Crippen LogP contribution is 2.40. The molecule has 0 aliphatic carbocycles. The smallest absolute Gasteiger partial charge is 0.410 e. The molecule has 0 saturated carbocycles. The maximum Gasteiger partial charge on any atom is 0.410 e. The number of benzene rings is 2. The van der Waals surface area contributed by atoms with E-state index in [2.05, 4.69) is 11.4 Å². The molecule has 2 aliphatic rings. The minimum absolute atomic E-state index is 0.0210. The first-order chi connectivity index (χ1) is 18.1. The zero-order valence-corrected chi connectivity index (χ0v) is 21.5. The van der Waals surface area contributed by atoms with Gasteiger partial charge in [-0.15, -0.1) is 0 Å². The van der Waals surface area contributed by atoms with Crippen LogP contribution in [-0.2, 0) is 27.3 Å². The van der Waals surface area contributed by atoms with Crippen LogP contribution in [0.25, 0.3) is 11.1 Å². The van der Waals surface area contributed by atoms with Crippen LogP contribution in [0.5, 0.6) is 5.75 Å². The van der Waals surface area contributed by atoms with E-state index in [0.717, 1.165) is 11.1 Å². The third-order valence-corrected chi connectivity index (χ3v) is 6.19. The highest BCUT2D eigenvalue weighted by atomic mass is 19.1. The Labute approximate surface area is 220 Å². The number of carbonyl (C=O) groups excluding carboxylic acids is 2. The number of ether oxygens (including phenoxy) is 3. The standard InChI is InChI=1S/C28H29FN4O5/c1-28(2,3)38-27(35)33-9-4-10-36-23(15-33)26(34)32-20(14-31)12-18-6-8-22-21-7-5-17(13-30)11-19(21)16-37-25(22)24(18)29/h5-8,11,20,23H,4,9-10,12,15-16H2,1-3H3,(H,32,34)/t20?,23-/m0/s1. The molecule has 0 radical (unpaired) electrons. The summed E-state index contributed by atoms with van der Waals surface area (Å²) in [5.41, 5.74) is 2.15. The summed E-state index contributed by atoms with van der Waals surface area (Å²) >= 11 is 0. The van der Waals surface area contributed by atoms with Gasteiger partial charge in [0, 0.05) is 25.1 Å². The number of fused-ring (bicyclic) bond motifs is 3. The lowest BCUT2D eigenvalue weighted by Crippen LogP contribution is -2.48. The molecule has 4 rings (SSSR count). The molecule has 9 nitrogen and oxygen atoms in total. The molecule has 2 aliphatic heterocycles. The number of nitrogens with one attached hydrogen (secondary N) is 1. The number of nitrogens with zero attached hydrogens (tertiary/aromatic N) is 3. The van der Waals surface area contributed by atoms with Gasteiger partial charge >= 0.3 is 6.09 Å². The summed E-state index contributed by atoms with van der Waals surface area (Å²) in [5.74, 6) is -1.10. The maximum atomic E-state index is 15.4. The van der Waals surface area contributed by atoms with Crippen molar-refractivity contribution in [3.8, 4) is 29.0 Å². The number of halogens is 1. The Hall–Kier alpha value is -4.15. The third kappa shape index (κ3) is 6.04. The molecule has 198 valence electrons. The molecule has 1 unspecified atom stereocenters. The number of hydrogen-bond donors (Lipinski definition) is 1. The van der Waals surface area contributed by atoms with Crippen molar-refractivity contribution in [2.24, 2.45) is 0 Å². The van der Waals surface area contributed by atoms with Crippen molar-refractivity contribution in [3.05, 3.63) is 52.8 Å². The van der Waals surface area contributed by atoms with Gasteiger partial charge in [0.2, 0.25) is 0 Å². The van der Waals surface area contributed by atoms with Crippen molar-refractivity contribution >= 4 is 12.0 Å². The Morgan fingerprint density at radius 3 is 2.71 bits per heavy atom. The molecule has 0 aromatic heterocycles. The van der Waals surface area contributed by atoms with Crippen molar-refractivity contribution in [1.82, 2.24) is 10.2 Å². The Morgan fingerprint density at radius 2 is 2.00 bits per heavy atom. The van der Waals surface area contributed by atoms with E-state index in [1.807, 2.05) is 6.07 Å². The van der Waals surface area contributed by atoms with E-state index in [9.17, 15) is 14.9 Å². The number of nitriles is 2. The fourth-order valence-electron chi connectivity index (χ4n) is 4.39. The first-order valence-electron chi connectivity index (χ1n) is 12.4. The zero-order chi connectivity index (χ0) is 27.4. The lowest BCUT2D eigenvalue weighted by molar-refractivity contribution is -0.133. The molecule has 1 saturated heterocycles. The van der Waals surface area contributed by atoms with E-state index in [1.165, 1.54) is 4.90 Å². The molecular formula is C28H29FN4O5. The lowest BCUT2D eigenvalue weighted by atomic mass is 9.93. The minimum atomic E-state index is -1.04. The molecule has 2 aromatic carbocycles. The van der Waals surface area contributed by atoms with Gasteiger partial charge in [0.05, 0.1) is 24.2 Å². The van der Waals surface area contributed by atoms with Crippen molar-refractivity contribution in [2.45, 2.75) is 58.0 Å². The fourth-order valence-corrected chi connectivity index (χ4v) is 4.39. The summed E-state index contributed by atoms with van der Waals surface area (Å²) < 4.78 is 32.1. The van der Waals surface area contributed by atoms with Gasteiger partial charge in [-0.05, 0) is 56.0 Å². The normalized spacial score (nSPS) is 17.4. The zero-order valence-electron chi connectivity index (χ0n) is 21.5. The Balaban J connectivity index is 1.45. The molecule has 0 bridgehead atoms. The van der Waals surface area contributed by atoms with Crippen molar-refractivity contribution < 1.29 is 28.2 Å². The van der Waals surface area contributed by atoms with Crippen molar-refractivity contribution in [3.63, 3.8) is 0 Å². The molecular weight excluding hydrogens is 491 g/mol. The van der Waals surface area contributed by atoms with E-state index in [0.29, 0.717) is 24.1 Å². The molecule has 38 heavy (non-hydrogen) atoms. The molecule has 0 spiro atoms. The van der Waals surface area contributed by atoms with Crippen LogP contribution in [0.3, 0.4) is 0 Å². The quantitative estimate of drug-likeness (QED) is 0.650. The summed E-state index contributed by atoms with van der Waals surface area (Å²) in [6.07, 6.45) is -1.09. The second-order valence-electron chi connectivity index (χ2n) is 10.2. The molecule has 2 amide bonds. The summed E-state index contributed by atoms with van der Waals surface area (Å²) in [5, 5.41) is 21.4. The van der Waals surface area contributed by atoms with Gasteiger partial charge in [-0.1, -0.05) is 18.2 Å². The summed E-state index contributed by atoms with van der Waals surface area (Å²) in [6, 6.07) is 11.5. The third-order valence-electron chi connectivity index (χ3n) is 6.19. The Kier molecular flexibility index (Phi) is 7.84. The van der Waals surface area contributed by atoms with E-state index >= 15 is 4.39 Å². The number of hydrogen-bond acceptors (Lipinski definition) is 7. The van der Waals surface area contributed by atoms with Crippen molar-refractivity contribution in [2.75, 3.05) is 19.7 Å². The van der Waals surface area contributed by atoms with Crippen LogP contribution in [0, 0.1) is 28.5 Å².